The van der Waals surface area contributed by atoms with E-state index in [1.807, 2.05) is 32.4 Å². The molecule has 2 aromatic heterocycles. The lowest BCUT2D eigenvalue weighted by Gasteiger charge is -2.23. The van der Waals surface area contributed by atoms with Gasteiger partial charge in [-0.1, -0.05) is 13.8 Å². The van der Waals surface area contributed by atoms with Crippen molar-refractivity contribution in [2.45, 2.75) is 32.9 Å². The molecule has 0 saturated carbocycles. The maximum Gasteiger partial charge on any atom is 0.287 e. The average Bonchev–Trinajstić information content (AvgIpc) is 3.09. The zero-order valence-corrected chi connectivity index (χ0v) is 14.3. The van der Waals surface area contributed by atoms with Crippen LogP contribution in [-0.2, 0) is 6.54 Å². The van der Waals surface area contributed by atoms with Crippen molar-refractivity contribution in [3.63, 3.8) is 0 Å². The van der Waals surface area contributed by atoms with Crippen LogP contribution in [0.3, 0.4) is 0 Å². The van der Waals surface area contributed by atoms with Crippen LogP contribution >= 0.6 is 0 Å². The van der Waals surface area contributed by atoms with Gasteiger partial charge in [0.25, 0.3) is 5.91 Å². The van der Waals surface area contributed by atoms with Gasteiger partial charge in [-0.05, 0) is 44.6 Å². The molecule has 0 radical (unpaired) electrons. The number of hydrogen-bond donors (Lipinski definition) is 1. The summed E-state index contributed by atoms with van der Waals surface area (Å²) in [5, 5.41) is 7.20. The maximum atomic E-state index is 12.4. The fraction of sp³-hybridized carbons (Fsp3) is 0.529. The summed E-state index contributed by atoms with van der Waals surface area (Å²) in [5.41, 5.74) is 0. The van der Waals surface area contributed by atoms with Crippen molar-refractivity contribution in [3.05, 3.63) is 42.1 Å². The molecule has 1 amide bonds. The van der Waals surface area contributed by atoms with Crippen LogP contribution in [0.1, 0.15) is 36.6 Å². The van der Waals surface area contributed by atoms with E-state index in [9.17, 15) is 4.79 Å². The van der Waals surface area contributed by atoms with Gasteiger partial charge in [-0.15, -0.1) is 0 Å². The summed E-state index contributed by atoms with van der Waals surface area (Å²) < 4.78 is 7.40. The molecule has 1 N–H and O–H groups in total. The smallest absolute Gasteiger partial charge is 0.287 e. The highest BCUT2D eigenvalue weighted by Crippen LogP contribution is 2.11. The fourth-order valence-corrected chi connectivity index (χ4v) is 2.58. The summed E-state index contributed by atoms with van der Waals surface area (Å²) in [5.74, 6) is 1.42. The topological polar surface area (TPSA) is 63.3 Å². The third kappa shape index (κ3) is 5.56. The van der Waals surface area contributed by atoms with E-state index in [4.69, 9.17) is 4.42 Å². The zero-order chi connectivity index (χ0) is 16.8. The number of carbonyl (C=O) groups is 1. The predicted molar refractivity (Wildman–Crippen MR) is 89.3 cm³/mol. The molecule has 6 heteroatoms. The van der Waals surface area contributed by atoms with Crippen molar-refractivity contribution in [3.8, 4) is 0 Å². The van der Waals surface area contributed by atoms with Gasteiger partial charge in [0, 0.05) is 25.0 Å². The second kappa shape index (κ2) is 7.97. The number of nitrogens with zero attached hydrogens (tertiary/aromatic N) is 3. The fourth-order valence-electron chi connectivity index (χ4n) is 2.58. The van der Waals surface area contributed by atoms with Crippen LogP contribution < -0.4 is 5.32 Å². The van der Waals surface area contributed by atoms with Gasteiger partial charge in [-0.3, -0.25) is 9.48 Å². The van der Waals surface area contributed by atoms with E-state index in [1.165, 1.54) is 0 Å². The summed E-state index contributed by atoms with van der Waals surface area (Å²) in [7, 11) is 4.02. The van der Waals surface area contributed by atoms with Crippen molar-refractivity contribution in [1.82, 2.24) is 20.0 Å². The SMILES string of the molecule is CC(C)C[C@@H](CN(C)C)NC(=O)c1ccc(Cn2cccn2)o1. The minimum absolute atomic E-state index is 0.108. The van der Waals surface area contributed by atoms with Crippen LogP contribution in [0.25, 0.3) is 0 Å². The molecular weight excluding hydrogens is 292 g/mol. The predicted octanol–water partition coefficient (Wildman–Crippen LogP) is 2.23. The largest absolute Gasteiger partial charge is 0.454 e. The lowest BCUT2D eigenvalue weighted by molar-refractivity contribution is 0.0894. The molecule has 0 aliphatic rings. The van der Waals surface area contributed by atoms with E-state index >= 15 is 0 Å². The van der Waals surface area contributed by atoms with E-state index in [2.05, 4.69) is 29.2 Å². The molecular formula is C17H26N4O2. The normalized spacial score (nSPS) is 12.8. The van der Waals surface area contributed by atoms with Crippen molar-refractivity contribution >= 4 is 5.91 Å². The van der Waals surface area contributed by atoms with Crippen LogP contribution in [0.4, 0.5) is 0 Å². The van der Waals surface area contributed by atoms with Crippen molar-refractivity contribution in [1.29, 1.82) is 0 Å². The van der Waals surface area contributed by atoms with Crippen molar-refractivity contribution < 1.29 is 9.21 Å². The molecule has 2 rings (SSSR count). The molecule has 0 spiro atoms. The Balaban J connectivity index is 1.97. The quantitative estimate of drug-likeness (QED) is 0.811. The Bertz CT molecular complexity index is 592. The van der Waals surface area contributed by atoms with Crippen LogP contribution in [0.15, 0.2) is 35.0 Å². The Labute approximate surface area is 137 Å². The Morgan fingerprint density at radius 1 is 1.39 bits per heavy atom. The molecule has 0 saturated heterocycles. The van der Waals surface area contributed by atoms with Gasteiger partial charge in [-0.2, -0.15) is 5.10 Å². The minimum atomic E-state index is -0.163. The summed E-state index contributed by atoms with van der Waals surface area (Å²) in [6, 6.07) is 5.50. The lowest BCUT2D eigenvalue weighted by atomic mass is 10.0. The van der Waals surface area contributed by atoms with Gasteiger partial charge >= 0.3 is 0 Å². The summed E-state index contributed by atoms with van der Waals surface area (Å²) in [6.45, 7) is 5.64. The van der Waals surface area contributed by atoms with Crippen LogP contribution in [0.5, 0.6) is 0 Å². The molecule has 0 aliphatic carbocycles. The summed E-state index contributed by atoms with van der Waals surface area (Å²) in [4.78, 5) is 14.5. The maximum absolute atomic E-state index is 12.4. The lowest BCUT2D eigenvalue weighted by Crippen LogP contribution is -2.42. The third-order valence-corrected chi connectivity index (χ3v) is 3.44. The molecule has 23 heavy (non-hydrogen) atoms. The number of amides is 1. The molecule has 6 nitrogen and oxygen atoms in total. The first-order chi connectivity index (χ1) is 10.9. The second-order valence-corrected chi connectivity index (χ2v) is 6.53. The number of aromatic nitrogens is 2. The van der Waals surface area contributed by atoms with Gasteiger partial charge in [0.1, 0.15) is 5.76 Å². The first-order valence-electron chi connectivity index (χ1n) is 7.95. The first-order valence-corrected chi connectivity index (χ1v) is 7.95. The van der Waals surface area contributed by atoms with Gasteiger partial charge in [0.05, 0.1) is 6.54 Å². The number of carbonyl (C=O) groups excluding carboxylic acids is 1. The van der Waals surface area contributed by atoms with E-state index < -0.39 is 0 Å². The molecule has 1 atom stereocenters. The number of nitrogens with one attached hydrogen (secondary N) is 1. The molecule has 2 heterocycles. The highest BCUT2D eigenvalue weighted by Gasteiger charge is 2.18. The van der Waals surface area contributed by atoms with Crippen molar-refractivity contribution in [2.75, 3.05) is 20.6 Å². The van der Waals surface area contributed by atoms with E-state index in [1.54, 1.807) is 16.9 Å². The molecule has 2 aromatic rings. The standard InChI is InChI=1S/C17H26N4O2/c1-13(2)10-14(11-20(3)4)19-17(22)16-7-6-15(23-16)12-21-9-5-8-18-21/h5-9,13-14H,10-12H2,1-4H3,(H,19,22)/t14-/m0/s1. The van der Waals surface area contributed by atoms with E-state index in [-0.39, 0.29) is 11.9 Å². The number of hydrogen-bond acceptors (Lipinski definition) is 4. The molecule has 0 aliphatic heterocycles. The number of rotatable bonds is 8. The Hall–Kier alpha value is -2.08. The summed E-state index contributed by atoms with van der Waals surface area (Å²) in [6.07, 6.45) is 4.51. The summed E-state index contributed by atoms with van der Waals surface area (Å²) >= 11 is 0. The Morgan fingerprint density at radius 2 is 2.17 bits per heavy atom. The van der Waals surface area contributed by atoms with E-state index in [0.717, 1.165) is 13.0 Å². The second-order valence-electron chi connectivity index (χ2n) is 6.53. The minimum Gasteiger partial charge on any atom is -0.454 e. The Morgan fingerprint density at radius 3 is 2.78 bits per heavy atom. The number of likely N-dealkylation sites (N-methyl/N-ethyl adjacent to an activating group) is 1. The molecule has 0 bridgehead atoms. The van der Waals surface area contributed by atoms with E-state index in [0.29, 0.717) is 24.0 Å². The molecule has 0 unspecified atom stereocenters. The van der Waals surface area contributed by atoms with Gasteiger partial charge in [-0.25, -0.2) is 0 Å². The first kappa shape index (κ1) is 17.3. The third-order valence-electron chi connectivity index (χ3n) is 3.44. The molecule has 0 fully saturated rings. The molecule has 126 valence electrons. The molecule has 0 aromatic carbocycles. The van der Waals surface area contributed by atoms with Crippen molar-refractivity contribution in [2.24, 2.45) is 5.92 Å². The van der Waals surface area contributed by atoms with Gasteiger partial charge < -0.3 is 14.6 Å². The van der Waals surface area contributed by atoms with Crippen LogP contribution in [0, 0.1) is 5.92 Å². The van der Waals surface area contributed by atoms with Crippen LogP contribution in [0.2, 0.25) is 0 Å². The van der Waals surface area contributed by atoms with Crippen LogP contribution in [-0.4, -0.2) is 47.3 Å². The Kier molecular flexibility index (Phi) is 5.98. The van der Waals surface area contributed by atoms with Gasteiger partial charge in [0.15, 0.2) is 5.76 Å². The number of furan rings is 1. The zero-order valence-electron chi connectivity index (χ0n) is 14.3. The monoisotopic (exact) mass is 318 g/mol. The highest BCUT2D eigenvalue weighted by atomic mass is 16.4. The highest BCUT2D eigenvalue weighted by molar-refractivity contribution is 5.91. The average molecular weight is 318 g/mol. The van der Waals surface area contributed by atoms with Gasteiger partial charge in [0.2, 0.25) is 0 Å².